The van der Waals surface area contributed by atoms with Crippen molar-refractivity contribution in [2.75, 3.05) is 19.5 Å². The SMILES string of the molecule is COc1cc(OC)cc(C(=O)Nc2nnc(Cc3ccccc3)o2)c1. The number of carbonyl (C=O) groups is 1. The van der Waals surface area contributed by atoms with Crippen molar-refractivity contribution >= 4 is 11.9 Å². The van der Waals surface area contributed by atoms with Gasteiger partial charge in [-0.2, -0.15) is 0 Å². The fourth-order valence-electron chi connectivity index (χ4n) is 2.25. The first-order chi connectivity index (χ1) is 12.2. The molecule has 0 bridgehead atoms. The Morgan fingerprint density at radius 2 is 1.72 bits per heavy atom. The standard InChI is InChI=1S/C18H17N3O4/c1-23-14-9-13(10-15(11-14)24-2)17(22)19-18-21-20-16(25-18)8-12-6-4-3-5-7-12/h3-7,9-11H,8H2,1-2H3,(H,19,21,22). The van der Waals surface area contributed by atoms with E-state index in [1.807, 2.05) is 30.3 Å². The van der Waals surface area contributed by atoms with Gasteiger partial charge >= 0.3 is 6.01 Å². The van der Waals surface area contributed by atoms with Crippen LogP contribution in [-0.2, 0) is 6.42 Å². The molecule has 0 aliphatic carbocycles. The van der Waals surface area contributed by atoms with Crippen molar-refractivity contribution in [1.82, 2.24) is 10.2 Å². The third-order valence-corrected chi connectivity index (χ3v) is 3.50. The molecule has 3 rings (SSSR count). The van der Waals surface area contributed by atoms with Crippen LogP contribution in [0.1, 0.15) is 21.8 Å². The topological polar surface area (TPSA) is 86.5 Å². The van der Waals surface area contributed by atoms with Crippen molar-refractivity contribution in [3.63, 3.8) is 0 Å². The Balaban J connectivity index is 1.71. The molecule has 0 atom stereocenters. The molecule has 0 radical (unpaired) electrons. The highest BCUT2D eigenvalue weighted by Gasteiger charge is 2.14. The molecule has 7 heteroatoms. The number of carbonyl (C=O) groups excluding carboxylic acids is 1. The molecule has 2 aromatic carbocycles. The van der Waals surface area contributed by atoms with Crippen molar-refractivity contribution in [2.45, 2.75) is 6.42 Å². The highest BCUT2D eigenvalue weighted by Crippen LogP contribution is 2.23. The molecule has 1 heterocycles. The van der Waals surface area contributed by atoms with Gasteiger partial charge in [0.15, 0.2) is 0 Å². The van der Waals surface area contributed by atoms with E-state index >= 15 is 0 Å². The van der Waals surface area contributed by atoms with Crippen LogP contribution in [0.2, 0.25) is 0 Å². The number of amides is 1. The molecule has 1 aromatic heterocycles. The van der Waals surface area contributed by atoms with E-state index in [-0.39, 0.29) is 6.01 Å². The lowest BCUT2D eigenvalue weighted by Gasteiger charge is -2.07. The first-order valence-electron chi connectivity index (χ1n) is 7.58. The lowest BCUT2D eigenvalue weighted by molar-refractivity contribution is 0.102. The van der Waals surface area contributed by atoms with Gasteiger partial charge in [-0.05, 0) is 17.7 Å². The van der Waals surface area contributed by atoms with Crippen molar-refractivity contribution in [3.8, 4) is 11.5 Å². The number of benzene rings is 2. The Hall–Kier alpha value is -3.35. The van der Waals surface area contributed by atoms with Gasteiger partial charge in [-0.25, -0.2) is 0 Å². The van der Waals surface area contributed by atoms with Crippen LogP contribution < -0.4 is 14.8 Å². The summed E-state index contributed by atoms with van der Waals surface area (Å²) in [7, 11) is 3.04. The molecule has 0 aliphatic rings. The number of nitrogens with one attached hydrogen (secondary N) is 1. The molecule has 128 valence electrons. The lowest BCUT2D eigenvalue weighted by atomic mass is 10.2. The second kappa shape index (κ2) is 7.48. The Morgan fingerprint density at radius 1 is 1.04 bits per heavy atom. The number of hydrogen-bond acceptors (Lipinski definition) is 6. The number of hydrogen-bond donors (Lipinski definition) is 1. The fourth-order valence-corrected chi connectivity index (χ4v) is 2.25. The Labute approximate surface area is 144 Å². The van der Waals surface area contributed by atoms with Crippen LogP contribution >= 0.6 is 0 Å². The minimum atomic E-state index is -0.396. The van der Waals surface area contributed by atoms with Gasteiger partial charge in [-0.1, -0.05) is 35.4 Å². The minimum absolute atomic E-state index is 0.0396. The van der Waals surface area contributed by atoms with Crippen LogP contribution in [0.5, 0.6) is 11.5 Å². The number of aromatic nitrogens is 2. The van der Waals surface area contributed by atoms with E-state index < -0.39 is 5.91 Å². The van der Waals surface area contributed by atoms with E-state index in [4.69, 9.17) is 13.9 Å². The van der Waals surface area contributed by atoms with Gasteiger partial charge in [0.25, 0.3) is 5.91 Å². The molecule has 0 saturated heterocycles. The zero-order valence-electron chi connectivity index (χ0n) is 13.9. The molecule has 0 spiro atoms. The van der Waals surface area contributed by atoms with E-state index in [2.05, 4.69) is 15.5 Å². The molecule has 0 saturated carbocycles. The minimum Gasteiger partial charge on any atom is -0.497 e. The van der Waals surface area contributed by atoms with Crippen LogP contribution in [-0.4, -0.2) is 30.3 Å². The maximum absolute atomic E-state index is 12.4. The quantitative estimate of drug-likeness (QED) is 0.743. The van der Waals surface area contributed by atoms with E-state index in [0.717, 1.165) is 5.56 Å². The normalized spacial score (nSPS) is 10.3. The fraction of sp³-hybridized carbons (Fsp3) is 0.167. The summed E-state index contributed by atoms with van der Waals surface area (Å²) < 4.78 is 15.8. The summed E-state index contributed by atoms with van der Waals surface area (Å²) in [6, 6.07) is 14.6. The van der Waals surface area contributed by atoms with Crippen molar-refractivity contribution in [1.29, 1.82) is 0 Å². The van der Waals surface area contributed by atoms with Crippen LogP contribution in [0.4, 0.5) is 6.01 Å². The van der Waals surface area contributed by atoms with E-state index in [1.54, 1.807) is 18.2 Å². The van der Waals surface area contributed by atoms with Gasteiger partial charge in [0.1, 0.15) is 11.5 Å². The number of ether oxygens (including phenoxy) is 2. The predicted molar refractivity (Wildman–Crippen MR) is 91.0 cm³/mol. The average molecular weight is 339 g/mol. The van der Waals surface area contributed by atoms with Crippen LogP contribution in [0.15, 0.2) is 52.9 Å². The van der Waals surface area contributed by atoms with E-state index in [1.165, 1.54) is 14.2 Å². The van der Waals surface area contributed by atoms with Gasteiger partial charge in [-0.3, -0.25) is 10.1 Å². The summed E-state index contributed by atoms with van der Waals surface area (Å²) in [6.07, 6.45) is 0.497. The molecule has 25 heavy (non-hydrogen) atoms. The summed E-state index contributed by atoms with van der Waals surface area (Å²) in [5, 5.41) is 10.4. The Morgan fingerprint density at radius 3 is 2.36 bits per heavy atom. The maximum atomic E-state index is 12.4. The molecular formula is C18H17N3O4. The third-order valence-electron chi connectivity index (χ3n) is 3.50. The molecule has 0 unspecified atom stereocenters. The van der Waals surface area contributed by atoms with Crippen molar-refractivity contribution < 1.29 is 18.7 Å². The highest BCUT2D eigenvalue weighted by atomic mass is 16.5. The Kier molecular flexibility index (Phi) is 4.94. The van der Waals surface area contributed by atoms with E-state index in [0.29, 0.717) is 29.4 Å². The maximum Gasteiger partial charge on any atom is 0.322 e. The summed E-state index contributed by atoms with van der Waals surface area (Å²) in [4.78, 5) is 12.4. The zero-order chi connectivity index (χ0) is 17.6. The van der Waals surface area contributed by atoms with Gasteiger partial charge < -0.3 is 13.9 Å². The first kappa shape index (κ1) is 16.5. The smallest absolute Gasteiger partial charge is 0.322 e. The summed E-state index contributed by atoms with van der Waals surface area (Å²) in [5.74, 6) is 1.05. The monoisotopic (exact) mass is 339 g/mol. The van der Waals surface area contributed by atoms with Crippen molar-refractivity contribution in [3.05, 3.63) is 65.5 Å². The average Bonchev–Trinajstić information content (AvgIpc) is 3.08. The Bertz CT molecular complexity index is 840. The number of nitrogens with zero attached hydrogens (tertiary/aromatic N) is 2. The van der Waals surface area contributed by atoms with Crippen molar-refractivity contribution in [2.24, 2.45) is 0 Å². The third kappa shape index (κ3) is 4.14. The van der Waals surface area contributed by atoms with Crippen LogP contribution in [0, 0.1) is 0 Å². The van der Waals surface area contributed by atoms with Gasteiger partial charge in [0.2, 0.25) is 5.89 Å². The van der Waals surface area contributed by atoms with Crippen LogP contribution in [0.25, 0.3) is 0 Å². The number of methoxy groups -OCH3 is 2. The molecular weight excluding hydrogens is 322 g/mol. The second-order valence-electron chi connectivity index (χ2n) is 5.22. The lowest BCUT2D eigenvalue weighted by Crippen LogP contribution is -2.12. The van der Waals surface area contributed by atoms with Gasteiger partial charge in [0.05, 0.1) is 20.6 Å². The first-order valence-corrected chi connectivity index (χ1v) is 7.58. The molecule has 1 amide bonds. The predicted octanol–water partition coefficient (Wildman–Crippen LogP) is 2.93. The molecule has 0 fully saturated rings. The molecule has 1 N–H and O–H groups in total. The highest BCUT2D eigenvalue weighted by molar-refractivity contribution is 6.03. The van der Waals surface area contributed by atoms with Gasteiger partial charge in [0, 0.05) is 11.6 Å². The summed E-state index contributed by atoms with van der Waals surface area (Å²) in [6.45, 7) is 0. The number of rotatable bonds is 6. The van der Waals surface area contributed by atoms with E-state index in [9.17, 15) is 4.79 Å². The van der Waals surface area contributed by atoms with Crippen LogP contribution in [0.3, 0.4) is 0 Å². The molecule has 3 aromatic rings. The molecule has 7 nitrogen and oxygen atoms in total. The summed E-state index contributed by atoms with van der Waals surface area (Å²) >= 11 is 0. The zero-order valence-corrected chi connectivity index (χ0v) is 13.9. The molecule has 0 aliphatic heterocycles. The summed E-state index contributed by atoms with van der Waals surface area (Å²) in [5.41, 5.74) is 1.40. The second-order valence-corrected chi connectivity index (χ2v) is 5.22. The largest absolute Gasteiger partial charge is 0.497 e. The van der Waals surface area contributed by atoms with Gasteiger partial charge in [-0.15, -0.1) is 5.10 Å². The number of anilines is 1.